The van der Waals surface area contributed by atoms with E-state index in [9.17, 15) is 0 Å². The molecule has 2 N–H and O–H groups in total. The molecular formula is C12H14ClN5S. The fourth-order valence-corrected chi connectivity index (χ4v) is 3.02. The van der Waals surface area contributed by atoms with E-state index in [-0.39, 0.29) is 0 Å². The van der Waals surface area contributed by atoms with Gasteiger partial charge in [-0.3, -0.25) is 4.98 Å². The molecule has 0 aliphatic heterocycles. The second-order valence-corrected chi connectivity index (χ2v) is 5.84. The third kappa shape index (κ3) is 2.91. The lowest BCUT2D eigenvalue weighted by molar-refractivity contribution is 0.626. The molecule has 3 rings (SSSR count). The molecule has 0 bridgehead atoms. The standard InChI is InChI=1S/C12H14ClN5S/c13-8-3-4-15-9(5-8)7-19-12-17-16-11(6-14)18(12)10-1-2-10/h3-5,10H,1-2,6-7,14H2. The lowest BCUT2D eigenvalue weighted by atomic mass is 10.4. The maximum absolute atomic E-state index is 5.95. The quantitative estimate of drug-likeness (QED) is 0.858. The van der Waals surface area contributed by atoms with Crippen LogP contribution in [0.4, 0.5) is 0 Å². The van der Waals surface area contributed by atoms with Crippen LogP contribution in [-0.2, 0) is 12.3 Å². The Morgan fingerprint density at radius 2 is 2.26 bits per heavy atom. The lowest BCUT2D eigenvalue weighted by Crippen LogP contribution is -2.08. The van der Waals surface area contributed by atoms with E-state index in [1.54, 1.807) is 24.0 Å². The molecule has 0 spiro atoms. The van der Waals surface area contributed by atoms with Gasteiger partial charge in [0.1, 0.15) is 5.82 Å². The smallest absolute Gasteiger partial charge is 0.191 e. The molecule has 0 saturated heterocycles. The maximum atomic E-state index is 5.95. The molecule has 100 valence electrons. The van der Waals surface area contributed by atoms with Crippen molar-refractivity contribution in [3.63, 3.8) is 0 Å². The van der Waals surface area contributed by atoms with Gasteiger partial charge in [0.15, 0.2) is 5.16 Å². The first-order valence-electron chi connectivity index (χ1n) is 6.15. The molecule has 7 heteroatoms. The Kier molecular flexibility index (Phi) is 3.72. The van der Waals surface area contributed by atoms with Crippen molar-refractivity contribution >= 4 is 23.4 Å². The van der Waals surface area contributed by atoms with Crippen LogP contribution >= 0.6 is 23.4 Å². The van der Waals surface area contributed by atoms with Crippen LogP contribution < -0.4 is 5.73 Å². The van der Waals surface area contributed by atoms with Crippen LogP contribution in [0.1, 0.15) is 30.4 Å². The second kappa shape index (κ2) is 5.48. The van der Waals surface area contributed by atoms with Crippen molar-refractivity contribution in [1.82, 2.24) is 19.7 Å². The highest BCUT2D eigenvalue weighted by Crippen LogP contribution is 2.39. The van der Waals surface area contributed by atoms with Gasteiger partial charge in [0.05, 0.1) is 12.2 Å². The van der Waals surface area contributed by atoms with Crippen molar-refractivity contribution in [2.45, 2.75) is 36.3 Å². The molecule has 1 aliphatic rings. The van der Waals surface area contributed by atoms with Crippen LogP contribution in [0, 0.1) is 0 Å². The van der Waals surface area contributed by atoms with Gasteiger partial charge >= 0.3 is 0 Å². The molecule has 1 saturated carbocycles. The van der Waals surface area contributed by atoms with E-state index in [1.807, 2.05) is 6.07 Å². The number of halogens is 1. The average molecular weight is 296 g/mol. The van der Waals surface area contributed by atoms with Crippen molar-refractivity contribution in [2.24, 2.45) is 5.73 Å². The fraction of sp³-hybridized carbons (Fsp3) is 0.417. The second-order valence-electron chi connectivity index (χ2n) is 4.46. The summed E-state index contributed by atoms with van der Waals surface area (Å²) in [5.41, 5.74) is 6.64. The summed E-state index contributed by atoms with van der Waals surface area (Å²) in [6.07, 6.45) is 4.09. The number of aromatic nitrogens is 4. The highest BCUT2D eigenvalue weighted by Gasteiger charge is 2.29. The minimum absolute atomic E-state index is 0.430. The van der Waals surface area contributed by atoms with Crippen LogP contribution in [0.3, 0.4) is 0 Å². The number of hydrogen-bond donors (Lipinski definition) is 1. The first-order chi connectivity index (χ1) is 9.28. The van der Waals surface area contributed by atoms with E-state index < -0.39 is 0 Å². The molecule has 2 aromatic rings. The van der Waals surface area contributed by atoms with Crippen LogP contribution in [0.5, 0.6) is 0 Å². The van der Waals surface area contributed by atoms with Gasteiger partial charge in [0.2, 0.25) is 0 Å². The molecule has 2 heterocycles. The lowest BCUT2D eigenvalue weighted by Gasteiger charge is -2.07. The molecule has 19 heavy (non-hydrogen) atoms. The summed E-state index contributed by atoms with van der Waals surface area (Å²) in [5, 5.41) is 9.99. The van der Waals surface area contributed by atoms with Gasteiger partial charge in [-0.2, -0.15) is 0 Å². The largest absolute Gasteiger partial charge is 0.324 e. The van der Waals surface area contributed by atoms with Gasteiger partial charge in [0, 0.05) is 23.0 Å². The minimum atomic E-state index is 0.430. The monoisotopic (exact) mass is 295 g/mol. The predicted octanol–water partition coefficient (Wildman–Crippen LogP) is 2.41. The zero-order valence-electron chi connectivity index (χ0n) is 10.3. The van der Waals surface area contributed by atoms with Gasteiger partial charge in [-0.05, 0) is 25.0 Å². The molecule has 5 nitrogen and oxygen atoms in total. The number of nitrogens with two attached hydrogens (primary N) is 1. The Morgan fingerprint density at radius 1 is 1.42 bits per heavy atom. The van der Waals surface area contributed by atoms with Crippen molar-refractivity contribution in [3.8, 4) is 0 Å². The first-order valence-corrected chi connectivity index (χ1v) is 7.51. The van der Waals surface area contributed by atoms with Gasteiger partial charge in [-0.25, -0.2) is 0 Å². The summed E-state index contributed by atoms with van der Waals surface area (Å²) in [4.78, 5) is 4.28. The molecular weight excluding hydrogens is 282 g/mol. The van der Waals surface area contributed by atoms with Gasteiger partial charge in [0.25, 0.3) is 0 Å². The third-order valence-electron chi connectivity index (χ3n) is 2.96. The van der Waals surface area contributed by atoms with Crippen molar-refractivity contribution in [3.05, 3.63) is 34.9 Å². The molecule has 1 fully saturated rings. The van der Waals surface area contributed by atoms with E-state index >= 15 is 0 Å². The third-order valence-corrected chi connectivity index (χ3v) is 4.17. The number of hydrogen-bond acceptors (Lipinski definition) is 5. The maximum Gasteiger partial charge on any atom is 0.191 e. The Morgan fingerprint density at radius 3 is 2.95 bits per heavy atom. The molecule has 0 aromatic carbocycles. The highest BCUT2D eigenvalue weighted by atomic mass is 35.5. The summed E-state index contributed by atoms with van der Waals surface area (Å²) in [7, 11) is 0. The van der Waals surface area contributed by atoms with Gasteiger partial charge in [-0.15, -0.1) is 10.2 Å². The highest BCUT2D eigenvalue weighted by molar-refractivity contribution is 7.98. The SMILES string of the molecule is NCc1nnc(SCc2cc(Cl)ccn2)n1C1CC1. The number of nitrogens with zero attached hydrogens (tertiary/aromatic N) is 4. The summed E-state index contributed by atoms with van der Waals surface area (Å²) >= 11 is 7.57. The van der Waals surface area contributed by atoms with Crippen molar-refractivity contribution in [1.29, 1.82) is 0 Å². The molecule has 2 aromatic heterocycles. The van der Waals surface area contributed by atoms with Crippen LogP contribution in [0.2, 0.25) is 5.02 Å². The zero-order chi connectivity index (χ0) is 13.2. The van der Waals surface area contributed by atoms with Crippen molar-refractivity contribution < 1.29 is 0 Å². The Hall–Kier alpha value is -1.11. The Labute approximate surface area is 120 Å². The topological polar surface area (TPSA) is 69.6 Å². The summed E-state index contributed by atoms with van der Waals surface area (Å²) < 4.78 is 2.16. The average Bonchev–Trinajstić information content (AvgIpc) is 3.17. The van der Waals surface area contributed by atoms with E-state index in [0.717, 1.165) is 22.4 Å². The molecule has 0 unspecified atom stereocenters. The van der Waals surface area contributed by atoms with E-state index in [0.29, 0.717) is 17.6 Å². The van der Waals surface area contributed by atoms with Crippen LogP contribution in [0.25, 0.3) is 0 Å². The van der Waals surface area contributed by atoms with E-state index in [4.69, 9.17) is 17.3 Å². The van der Waals surface area contributed by atoms with E-state index in [1.165, 1.54) is 12.8 Å². The minimum Gasteiger partial charge on any atom is -0.324 e. The van der Waals surface area contributed by atoms with Gasteiger partial charge in [-0.1, -0.05) is 23.4 Å². The predicted molar refractivity (Wildman–Crippen MR) is 75.0 cm³/mol. The normalized spacial score (nSPS) is 14.8. The first kappa shape index (κ1) is 12.9. The summed E-state index contributed by atoms with van der Waals surface area (Å²) in [6.45, 7) is 0.430. The summed E-state index contributed by atoms with van der Waals surface area (Å²) in [5.74, 6) is 1.60. The molecule has 0 atom stereocenters. The number of pyridine rings is 1. The Balaban J connectivity index is 1.75. The molecule has 0 amide bonds. The number of thioether (sulfide) groups is 1. The van der Waals surface area contributed by atoms with Crippen LogP contribution in [-0.4, -0.2) is 19.7 Å². The summed E-state index contributed by atoms with van der Waals surface area (Å²) in [6, 6.07) is 4.17. The fourth-order valence-electron chi connectivity index (χ4n) is 1.91. The van der Waals surface area contributed by atoms with Crippen LogP contribution in [0.15, 0.2) is 23.5 Å². The number of rotatable bonds is 5. The Bertz CT molecular complexity index is 581. The molecule has 0 radical (unpaired) electrons. The van der Waals surface area contributed by atoms with Gasteiger partial charge < -0.3 is 10.3 Å². The van der Waals surface area contributed by atoms with Crippen molar-refractivity contribution in [2.75, 3.05) is 0 Å². The van der Waals surface area contributed by atoms with E-state index in [2.05, 4.69) is 19.7 Å². The molecule has 1 aliphatic carbocycles. The zero-order valence-corrected chi connectivity index (χ0v) is 11.9.